The van der Waals surface area contributed by atoms with E-state index in [0.717, 1.165) is 12.0 Å². The lowest BCUT2D eigenvalue weighted by atomic mass is 9.98. The first-order valence-corrected chi connectivity index (χ1v) is 7.65. The monoisotopic (exact) mass is 240 g/mol. The molecule has 102 valence electrons. The minimum absolute atomic E-state index is 0.669. The molecule has 1 saturated heterocycles. The summed E-state index contributed by atoms with van der Waals surface area (Å²) in [7, 11) is 0. The second-order valence-corrected chi connectivity index (χ2v) is 5.81. The van der Waals surface area contributed by atoms with Crippen LogP contribution in [0.1, 0.15) is 59.8 Å². The quantitative estimate of drug-likeness (QED) is 0.766. The molecule has 0 aromatic carbocycles. The van der Waals surface area contributed by atoms with Gasteiger partial charge < -0.3 is 10.2 Å². The Kier molecular flexibility index (Phi) is 7.14. The number of likely N-dealkylation sites (tertiary alicyclic amines) is 1. The van der Waals surface area contributed by atoms with Gasteiger partial charge in [-0.15, -0.1) is 0 Å². The first-order valence-electron chi connectivity index (χ1n) is 7.65. The average Bonchev–Trinajstić information content (AvgIpc) is 2.54. The smallest absolute Gasteiger partial charge is 0.00823 e. The number of hydrogen-bond donors (Lipinski definition) is 1. The van der Waals surface area contributed by atoms with Crippen LogP contribution in [0.2, 0.25) is 0 Å². The fourth-order valence-corrected chi connectivity index (χ4v) is 2.75. The molecule has 0 amide bonds. The Morgan fingerprint density at radius 1 is 1.18 bits per heavy atom. The van der Waals surface area contributed by atoms with Crippen molar-refractivity contribution in [1.82, 2.24) is 10.2 Å². The van der Waals surface area contributed by atoms with E-state index in [4.69, 9.17) is 0 Å². The molecule has 0 bridgehead atoms. The first-order chi connectivity index (χ1) is 8.17. The fraction of sp³-hybridized carbons (Fsp3) is 1.00. The molecule has 0 aromatic rings. The van der Waals surface area contributed by atoms with Crippen LogP contribution in [0.5, 0.6) is 0 Å². The summed E-state index contributed by atoms with van der Waals surface area (Å²) in [5.74, 6) is 0.796. The number of nitrogens with one attached hydrogen (secondary N) is 1. The van der Waals surface area contributed by atoms with Gasteiger partial charge in [-0.05, 0) is 58.2 Å². The summed E-state index contributed by atoms with van der Waals surface area (Å²) in [4.78, 5) is 2.63. The third-order valence-corrected chi connectivity index (χ3v) is 4.36. The van der Waals surface area contributed by atoms with Crippen molar-refractivity contribution < 1.29 is 0 Å². The molecule has 0 spiro atoms. The van der Waals surface area contributed by atoms with Crippen molar-refractivity contribution in [3.05, 3.63) is 0 Å². The molecule has 1 rings (SSSR count). The molecule has 3 atom stereocenters. The Labute approximate surface area is 108 Å². The third-order valence-electron chi connectivity index (χ3n) is 4.36. The fourth-order valence-electron chi connectivity index (χ4n) is 2.75. The van der Waals surface area contributed by atoms with Gasteiger partial charge in [0.1, 0.15) is 0 Å². The summed E-state index contributed by atoms with van der Waals surface area (Å²) in [6.07, 6.45) is 6.64. The SMILES string of the molecule is CCCN1CCCC(NC(C)C(C)CC)CC1. The molecule has 17 heavy (non-hydrogen) atoms. The van der Waals surface area contributed by atoms with Crippen molar-refractivity contribution >= 4 is 0 Å². The van der Waals surface area contributed by atoms with Crippen LogP contribution < -0.4 is 5.32 Å². The van der Waals surface area contributed by atoms with E-state index in [1.165, 1.54) is 51.7 Å². The maximum absolute atomic E-state index is 3.85. The Balaban J connectivity index is 2.31. The third kappa shape index (κ3) is 5.39. The molecule has 1 N–H and O–H groups in total. The number of nitrogens with zero attached hydrogens (tertiary/aromatic N) is 1. The van der Waals surface area contributed by atoms with Gasteiger partial charge in [0.15, 0.2) is 0 Å². The lowest BCUT2D eigenvalue weighted by Crippen LogP contribution is -2.40. The lowest BCUT2D eigenvalue weighted by Gasteiger charge is -2.26. The van der Waals surface area contributed by atoms with Gasteiger partial charge in [-0.2, -0.15) is 0 Å². The van der Waals surface area contributed by atoms with Gasteiger partial charge in [0.2, 0.25) is 0 Å². The summed E-state index contributed by atoms with van der Waals surface area (Å²) >= 11 is 0. The molecular weight excluding hydrogens is 208 g/mol. The number of hydrogen-bond acceptors (Lipinski definition) is 2. The molecule has 1 heterocycles. The summed E-state index contributed by atoms with van der Waals surface area (Å²) in [5, 5.41) is 3.85. The van der Waals surface area contributed by atoms with Crippen LogP contribution in [0.25, 0.3) is 0 Å². The Bertz CT molecular complexity index is 193. The van der Waals surface area contributed by atoms with Crippen LogP contribution in [-0.4, -0.2) is 36.6 Å². The molecule has 0 saturated carbocycles. The van der Waals surface area contributed by atoms with Crippen LogP contribution in [-0.2, 0) is 0 Å². The van der Waals surface area contributed by atoms with E-state index in [0.29, 0.717) is 6.04 Å². The van der Waals surface area contributed by atoms with Gasteiger partial charge in [0.05, 0.1) is 0 Å². The summed E-state index contributed by atoms with van der Waals surface area (Å²) in [6, 6.07) is 1.42. The van der Waals surface area contributed by atoms with Crippen molar-refractivity contribution in [1.29, 1.82) is 0 Å². The van der Waals surface area contributed by atoms with Crippen molar-refractivity contribution in [2.24, 2.45) is 5.92 Å². The summed E-state index contributed by atoms with van der Waals surface area (Å²) < 4.78 is 0. The predicted octanol–water partition coefficient (Wildman–Crippen LogP) is 3.28. The van der Waals surface area contributed by atoms with E-state index >= 15 is 0 Å². The number of rotatable bonds is 6. The van der Waals surface area contributed by atoms with E-state index in [9.17, 15) is 0 Å². The Morgan fingerprint density at radius 3 is 2.59 bits per heavy atom. The highest BCUT2D eigenvalue weighted by atomic mass is 15.1. The van der Waals surface area contributed by atoms with Crippen LogP contribution >= 0.6 is 0 Å². The van der Waals surface area contributed by atoms with Gasteiger partial charge in [0, 0.05) is 12.1 Å². The zero-order valence-electron chi connectivity index (χ0n) is 12.3. The van der Waals surface area contributed by atoms with Crippen molar-refractivity contribution in [3.63, 3.8) is 0 Å². The van der Waals surface area contributed by atoms with E-state index < -0.39 is 0 Å². The van der Waals surface area contributed by atoms with Crippen molar-refractivity contribution in [3.8, 4) is 0 Å². The van der Waals surface area contributed by atoms with Gasteiger partial charge in [-0.3, -0.25) is 0 Å². The lowest BCUT2D eigenvalue weighted by molar-refractivity contribution is 0.277. The van der Waals surface area contributed by atoms with Gasteiger partial charge in [0.25, 0.3) is 0 Å². The zero-order chi connectivity index (χ0) is 12.7. The van der Waals surface area contributed by atoms with Gasteiger partial charge >= 0.3 is 0 Å². The largest absolute Gasteiger partial charge is 0.311 e. The van der Waals surface area contributed by atoms with Crippen LogP contribution in [0.3, 0.4) is 0 Å². The van der Waals surface area contributed by atoms with E-state index in [-0.39, 0.29) is 0 Å². The molecule has 2 heteroatoms. The minimum Gasteiger partial charge on any atom is -0.311 e. The maximum atomic E-state index is 3.85. The standard InChI is InChI=1S/C15H32N2/c1-5-10-17-11-7-8-15(9-12-17)16-14(4)13(3)6-2/h13-16H,5-12H2,1-4H3. The second-order valence-electron chi connectivity index (χ2n) is 5.81. The van der Waals surface area contributed by atoms with Crippen LogP contribution in [0, 0.1) is 5.92 Å². The first kappa shape index (κ1) is 15.0. The van der Waals surface area contributed by atoms with Gasteiger partial charge in [-0.25, -0.2) is 0 Å². The second kappa shape index (κ2) is 8.10. The van der Waals surface area contributed by atoms with E-state index in [2.05, 4.69) is 37.9 Å². The van der Waals surface area contributed by atoms with E-state index in [1.807, 2.05) is 0 Å². The maximum Gasteiger partial charge on any atom is 0.00823 e. The highest BCUT2D eigenvalue weighted by Crippen LogP contribution is 2.14. The predicted molar refractivity (Wildman–Crippen MR) is 76.4 cm³/mol. The zero-order valence-corrected chi connectivity index (χ0v) is 12.3. The molecule has 0 radical (unpaired) electrons. The molecule has 1 fully saturated rings. The highest BCUT2D eigenvalue weighted by Gasteiger charge is 2.19. The summed E-state index contributed by atoms with van der Waals surface area (Å²) in [6.45, 7) is 13.2. The average molecular weight is 240 g/mol. The molecule has 2 nitrogen and oxygen atoms in total. The van der Waals surface area contributed by atoms with Crippen LogP contribution in [0.4, 0.5) is 0 Å². The molecule has 3 unspecified atom stereocenters. The van der Waals surface area contributed by atoms with Crippen LogP contribution in [0.15, 0.2) is 0 Å². The normalized spacial score (nSPS) is 26.5. The molecule has 1 aliphatic rings. The molecular formula is C15H32N2. The Morgan fingerprint density at radius 2 is 1.94 bits per heavy atom. The van der Waals surface area contributed by atoms with Gasteiger partial charge in [-0.1, -0.05) is 27.2 Å². The molecule has 0 aromatic heterocycles. The van der Waals surface area contributed by atoms with Crippen molar-refractivity contribution in [2.75, 3.05) is 19.6 Å². The highest BCUT2D eigenvalue weighted by molar-refractivity contribution is 4.79. The van der Waals surface area contributed by atoms with E-state index in [1.54, 1.807) is 0 Å². The summed E-state index contributed by atoms with van der Waals surface area (Å²) in [5.41, 5.74) is 0. The Hall–Kier alpha value is -0.0800. The molecule has 1 aliphatic heterocycles. The minimum atomic E-state index is 0.669. The molecule has 0 aliphatic carbocycles. The van der Waals surface area contributed by atoms with Crippen molar-refractivity contribution in [2.45, 2.75) is 71.9 Å². The topological polar surface area (TPSA) is 15.3 Å².